The molecule has 1 amide bonds. The molecule has 1 aliphatic heterocycles. The van der Waals surface area contributed by atoms with Crippen molar-refractivity contribution in [3.8, 4) is 0 Å². The molecular weight excluding hydrogens is 302 g/mol. The molecule has 0 atom stereocenters. The first kappa shape index (κ1) is 19.6. The Kier molecular flexibility index (Phi) is 9.37. The summed E-state index contributed by atoms with van der Waals surface area (Å²) >= 11 is 0. The average molecular weight is 328 g/mol. The Bertz CT molecular complexity index is 381. The van der Waals surface area contributed by atoms with Gasteiger partial charge in [0.05, 0.1) is 5.75 Å². The van der Waals surface area contributed by atoms with E-state index in [2.05, 4.69) is 10.6 Å². The van der Waals surface area contributed by atoms with E-state index >= 15 is 0 Å². The fourth-order valence-electron chi connectivity index (χ4n) is 2.20. The lowest BCUT2D eigenvalue weighted by Crippen LogP contribution is -2.47. The molecular formula is C12H26ClN3O3S. The highest BCUT2D eigenvalue weighted by atomic mass is 35.5. The maximum atomic E-state index is 11.9. The summed E-state index contributed by atoms with van der Waals surface area (Å²) in [7, 11) is -1.28. The van der Waals surface area contributed by atoms with Crippen LogP contribution in [0.15, 0.2) is 0 Å². The van der Waals surface area contributed by atoms with Gasteiger partial charge >= 0.3 is 0 Å². The topological polar surface area (TPSA) is 78.5 Å². The van der Waals surface area contributed by atoms with Gasteiger partial charge in [-0.15, -0.1) is 12.4 Å². The molecule has 0 aromatic rings. The lowest BCUT2D eigenvalue weighted by Gasteiger charge is -2.31. The normalized spacial score (nSPS) is 17.5. The molecule has 20 heavy (non-hydrogen) atoms. The summed E-state index contributed by atoms with van der Waals surface area (Å²) in [5.74, 6) is 0.246. The van der Waals surface area contributed by atoms with Crippen molar-refractivity contribution < 1.29 is 13.2 Å². The highest BCUT2D eigenvalue weighted by Crippen LogP contribution is 2.15. The van der Waals surface area contributed by atoms with Gasteiger partial charge in [-0.05, 0) is 26.3 Å². The Morgan fingerprint density at radius 3 is 2.40 bits per heavy atom. The molecule has 0 radical (unpaired) electrons. The molecule has 0 aromatic heterocycles. The van der Waals surface area contributed by atoms with Gasteiger partial charge < -0.3 is 10.6 Å². The van der Waals surface area contributed by atoms with Gasteiger partial charge in [0, 0.05) is 32.1 Å². The molecule has 1 heterocycles. The molecule has 0 saturated carbocycles. The van der Waals surface area contributed by atoms with Gasteiger partial charge in [-0.3, -0.25) is 4.79 Å². The van der Waals surface area contributed by atoms with Crippen LogP contribution < -0.4 is 10.6 Å². The van der Waals surface area contributed by atoms with Crippen LogP contribution in [0.25, 0.3) is 0 Å². The monoisotopic (exact) mass is 327 g/mol. The molecule has 6 nitrogen and oxygen atoms in total. The zero-order valence-electron chi connectivity index (χ0n) is 12.2. The average Bonchev–Trinajstić information content (AvgIpc) is 2.37. The van der Waals surface area contributed by atoms with E-state index in [-0.39, 0.29) is 30.1 Å². The fraction of sp³-hybridized carbons (Fsp3) is 0.917. The largest absolute Gasteiger partial charge is 0.353 e. The third kappa shape index (κ3) is 6.39. The van der Waals surface area contributed by atoms with Crippen molar-refractivity contribution in [3.63, 3.8) is 0 Å². The zero-order chi connectivity index (χ0) is 14.3. The fourth-order valence-corrected chi connectivity index (χ4v) is 3.74. The van der Waals surface area contributed by atoms with Crippen LogP contribution in [-0.4, -0.2) is 57.1 Å². The first-order valence-corrected chi connectivity index (χ1v) is 8.52. The lowest BCUT2D eigenvalue weighted by molar-refractivity contribution is -0.121. The summed E-state index contributed by atoms with van der Waals surface area (Å²) < 4.78 is 25.3. The Morgan fingerprint density at radius 1 is 1.30 bits per heavy atom. The number of carbonyl (C=O) groups is 1. The standard InChI is InChI=1S/C12H25N3O3S.ClH/c1-3-10-19(17,18)15-8-5-11(6-9-15)14-12(16)4-7-13-2;/h11,13H,3-10H2,1-2H3,(H,14,16);1H. The molecule has 0 aromatic carbocycles. The van der Waals surface area contributed by atoms with Crippen LogP contribution in [0, 0.1) is 0 Å². The number of carbonyl (C=O) groups excluding carboxylic acids is 1. The Hall–Kier alpha value is -0.370. The van der Waals surface area contributed by atoms with Gasteiger partial charge in [-0.25, -0.2) is 12.7 Å². The van der Waals surface area contributed by atoms with E-state index in [0.29, 0.717) is 45.3 Å². The van der Waals surface area contributed by atoms with E-state index in [0.717, 1.165) is 0 Å². The molecule has 0 unspecified atom stereocenters. The van der Waals surface area contributed by atoms with Gasteiger partial charge in [0.1, 0.15) is 0 Å². The van der Waals surface area contributed by atoms with Gasteiger partial charge in [0.25, 0.3) is 0 Å². The number of piperidine rings is 1. The van der Waals surface area contributed by atoms with Crippen molar-refractivity contribution in [1.29, 1.82) is 0 Å². The lowest BCUT2D eigenvalue weighted by atomic mass is 10.1. The highest BCUT2D eigenvalue weighted by molar-refractivity contribution is 7.89. The van der Waals surface area contributed by atoms with Crippen LogP contribution in [0.3, 0.4) is 0 Å². The summed E-state index contributed by atoms with van der Waals surface area (Å²) in [5, 5.41) is 5.89. The Labute approximate surface area is 128 Å². The predicted molar refractivity (Wildman–Crippen MR) is 82.6 cm³/mol. The molecule has 1 fully saturated rings. The number of hydrogen-bond acceptors (Lipinski definition) is 4. The molecule has 8 heteroatoms. The van der Waals surface area contributed by atoms with Crippen LogP contribution in [0.2, 0.25) is 0 Å². The zero-order valence-corrected chi connectivity index (χ0v) is 13.9. The molecule has 1 aliphatic rings. The van der Waals surface area contributed by atoms with Crippen molar-refractivity contribution in [1.82, 2.24) is 14.9 Å². The van der Waals surface area contributed by atoms with Crippen molar-refractivity contribution in [3.05, 3.63) is 0 Å². The van der Waals surface area contributed by atoms with Crippen LogP contribution in [0.1, 0.15) is 32.6 Å². The maximum absolute atomic E-state index is 11.9. The number of sulfonamides is 1. The molecule has 0 aliphatic carbocycles. The van der Waals surface area contributed by atoms with E-state index in [1.807, 2.05) is 14.0 Å². The molecule has 1 rings (SSSR count). The first-order chi connectivity index (χ1) is 8.99. The van der Waals surface area contributed by atoms with Gasteiger partial charge in [-0.1, -0.05) is 6.92 Å². The van der Waals surface area contributed by atoms with Gasteiger partial charge in [0.2, 0.25) is 15.9 Å². The minimum Gasteiger partial charge on any atom is -0.353 e. The highest BCUT2D eigenvalue weighted by Gasteiger charge is 2.27. The minimum atomic E-state index is -3.09. The predicted octanol–water partition coefficient (Wildman–Crippen LogP) is 0.338. The summed E-state index contributed by atoms with van der Waals surface area (Å²) in [6.07, 6.45) is 2.51. The van der Waals surface area contributed by atoms with Crippen molar-refractivity contribution in [2.45, 2.75) is 38.6 Å². The molecule has 120 valence electrons. The maximum Gasteiger partial charge on any atom is 0.221 e. The van der Waals surface area contributed by atoms with Gasteiger partial charge in [-0.2, -0.15) is 0 Å². The Morgan fingerprint density at radius 2 is 1.90 bits per heavy atom. The third-order valence-electron chi connectivity index (χ3n) is 3.28. The second kappa shape index (κ2) is 9.55. The SMILES string of the molecule is CCCS(=O)(=O)N1CCC(NC(=O)CCNC)CC1.Cl. The Balaban J connectivity index is 0.00000361. The first-order valence-electron chi connectivity index (χ1n) is 6.91. The summed E-state index contributed by atoms with van der Waals surface area (Å²) in [6, 6.07) is 0.109. The van der Waals surface area contributed by atoms with E-state index in [1.54, 1.807) is 4.31 Å². The van der Waals surface area contributed by atoms with E-state index < -0.39 is 10.0 Å². The second-order valence-corrected chi connectivity index (χ2v) is 7.00. The number of rotatable bonds is 7. The van der Waals surface area contributed by atoms with Gasteiger partial charge in [0.15, 0.2) is 0 Å². The van der Waals surface area contributed by atoms with E-state index in [1.165, 1.54) is 0 Å². The molecule has 0 spiro atoms. The molecule has 1 saturated heterocycles. The summed E-state index contributed by atoms with van der Waals surface area (Å²) in [6.45, 7) is 3.56. The van der Waals surface area contributed by atoms with Crippen LogP contribution in [-0.2, 0) is 14.8 Å². The van der Waals surface area contributed by atoms with Crippen LogP contribution in [0.5, 0.6) is 0 Å². The third-order valence-corrected chi connectivity index (χ3v) is 5.35. The minimum absolute atomic E-state index is 0. The quantitative estimate of drug-likeness (QED) is 0.706. The van der Waals surface area contributed by atoms with Crippen molar-refractivity contribution in [2.24, 2.45) is 0 Å². The second-order valence-electron chi connectivity index (χ2n) is 4.91. The number of nitrogens with zero attached hydrogens (tertiary/aromatic N) is 1. The van der Waals surface area contributed by atoms with Crippen molar-refractivity contribution in [2.75, 3.05) is 32.4 Å². The number of nitrogens with one attached hydrogen (secondary N) is 2. The summed E-state index contributed by atoms with van der Waals surface area (Å²) in [5.41, 5.74) is 0. The van der Waals surface area contributed by atoms with E-state index in [4.69, 9.17) is 0 Å². The smallest absolute Gasteiger partial charge is 0.221 e. The molecule has 2 N–H and O–H groups in total. The number of halogens is 1. The molecule has 0 bridgehead atoms. The number of amides is 1. The van der Waals surface area contributed by atoms with Crippen molar-refractivity contribution >= 4 is 28.3 Å². The van der Waals surface area contributed by atoms with Crippen LogP contribution in [0.4, 0.5) is 0 Å². The van der Waals surface area contributed by atoms with Crippen LogP contribution >= 0.6 is 12.4 Å². The van der Waals surface area contributed by atoms with E-state index in [9.17, 15) is 13.2 Å². The number of hydrogen-bond donors (Lipinski definition) is 2. The summed E-state index contributed by atoms with van der Waals surface area (Å²) in [4.78, 5) is 11.6.